The van der Waals surface area contributed by atoms with E-state index in [2.05, 4.69) is 26.6 Å². The molecule has 0 saturated carbocycles. The Hall–Kier alpha value is -0.910. The second-order valence-electron chi connectivity index (χ2n) is 5.06. The van der Waals surface area contributed by atoms with E-state index in [1.807, 2.05) is 25.1 Å². The molecule has 0 aromatic heterocycles. The molecule has 4 nitrogen and oxygen atoms in total. The minimum absolute atomic E-state index is 0.0641. The quantitative estimate of drug-likeness (QED) is 0.808. The van der Waals surface area contributed by atoms with E-state index < -0.39 is 0 Å². The van der Waals surface area contributed by atoms with Crippen molar-refractivity contribution in [3.63, 3.8) is 0 Å². The molecular weight excluding hydrogens is 320 g/mol. The summed E-state index contributed by atoms with van der Waals surface area (Å²) in [4.78, 5) is 12.0. The molecule has 1 aromatic rings. The van der Waals surface area contributed by atoms with Gasteiger partial charge in [-0.05, 0) is 66.5 Å². The number of carbonyl (C=O) groups is 1. The number of halogens is 1. The average molecular weight is 341 g/mol. The van der Waals surface area contributed by atoms with Gasteiger partial charge in [0.15, 0.2) is 0 Å². The van der Waals surface area contributed by atoms with Gasteiger partial charge in [0.1, 0.15) is 0 Å². The number of hydrogen-bond acceptors (Lipinski definition) is 3. The Labute approximate surface area is 128 Å². The fraction of sp³-hybridized carbons (Fsp3) is 0.533. The largest absolute Gasteiger partial charge is 0.376 e. The van der Waals surface area contributed by atoms with E-state index in [0.29, 0.717) is 24.8 Å². The Kier molecular flexibility index (Phi) is 6.01. The summed E-state index contributed by atoms with van der Waals surface area (Å²) in [5.74, 6) is -0.0641. The van der Waals surface area contributed by atoms with Crippen LogP contribution in [0.25, 0.3) is 0 Å². The zero-order valence-corrected chi connectivity index (χ0v) is 13.3. The van der Waals surface area contributed by atoms with Crippen LogP contribution < -0.4 is 10.6 Å². The fourth-order valence-electron chi connectivity index (χ4n) is 2.25. The van der Waals surface area contributed by atoms with Crippen LogP contribution in [0.15, 0.2) is 22.7 Å². The minimum Gasteiger partial charge on any atom is -0.376 e. The molecule has 0 spiro atoms. The number of amides is 1. The van der Waals surface area contributed by atoms with Gasteiger partial charge in [0.05, 0.1) is 18.3 Å². The van der Waals surface area contributed by atoms with E-state index in [1.165, 1.54) is 0 Å². The summed E-state index contributed by atoms with van der Waals surface area (Å²) in [6.45, 7) is 5.16. The van der Waals surface area contributed by atoms with Gasteiger partial charge >= 0.3 is 0 Å². The molecule has 0 atom stereocenters. The lowest BCUT2D eigenvalue weighted by molar-refractivity contribution is 0.0343. The number of carbonyl (C=O) groups excluding carboxylic acids is 1. The predicted octanol–water partition coefficient (Wildman–Crippen LogP) is 2.26. The molecule has 1 aliphatic rings. The van der Waals surface area contributed by atoms with E-state index in [-0.39, 0.29) is 5.91 Å². The highest BCUT2D eigenvalue weighted by molar-refractivity contribution is 9.10. The Morgan fingerprint density at radius 3 is 2.90 bits per heavy atom. The van der Waals surface area contributed by atoms with Gasteiger partial charge in [-0.25, -0.2) is 0 Å². The number of ether oxygens (including phenoxy) is 1. The van der Waals surface area contributed by atoms with Gasteiger partial charge in [-0.15, -0.1) is 0 Å². The highest BCUT2D eigenvalue weighted by Crippen LogP contribution is 2.18. The van der Waals surface area contributed by atoms with Crippen LogP contribution in [0.3, 0.4) is 0 Å². The van der Waals surface area contributed by atoms with Crippen LogP contribution in [-0.2, 0) is 4.74 Å². The van der Waals surface area contributed by atoms with Gasteiger partial charge in [0.25, 0.3) is 5.91 Å². The molecule has 20 heavy (non-hydrogen) atoms. The maximum atomic E-state index is 12.0. The highest BCUT2D eigenvalue weighted by atomic mass is 79.9. The molecule has 0 bridgehead atoms. The summed E-state index contributed by atoms with van der Waals surface area (Å²) in [6.07, 6.45) is 2.44. The number of rotatable bonds is 5. The van der Waals surface area contributed by atoms with E-state index >= 15 is 0 Å². The summed E-state index contributed by atoms with van der Waals surface area (Å²) in [6, 6.07) is 5.72. The lowest BCUT2D eigenvalue weighted by Crippen LogP contribution is -2.34. The Morgan fingerprint density at radius 2 is 2.20 bits per heavy atom. The lowest BCUT2D eigenvalue weighted by Gasteiger charge is -2.22. The molecule has 1 amide bonds. The molecular formula is C15H21BrN2O2. The number of benzene rings is 1. The average Bonchev–Trinajstić information content (AvgIpc) is 2.44. The second-order valence-corrected chi connectivity index (χ2v) is 5.91. The lowest BCUT2D eigenvalue weighted by atomic mass is 10.1. The van der Waals surface area contributed by atoms with Crippen LogP contribution in [-0.4, -0.2) is 38.3 Å². The molecule has 2 rings (SSSR count). The molecule has 0 aliphatic carbocycles. The van der Waals surface area contributed by atoms with Crippen LogP contribution >= 0.6 is 15.9 Å². The zero-order valence-electron chi connectivity index (χ0n) is 11.7. The van der Waals surface area contributed by atoms with Crippen molar-refractivity contribution >= 4 is 21.8 Å². The third-order valence-electron chi connectivity index (χ3n) is 3.40. The second kappa shape index (κ2) is 7.76. The van der Waals surface area contributed by atoms with Crippen molar-refractivity contribution in [1.29, 1.82) is 0 Å². The molecule has 5 heteroatoms. The predicted molar refractivity (Wildman–Crippen MR) is 83.1 cm³/mol. The summed E-state index contributed by atoms with van der Waals surface area (Å²) < 4.78 is 6.58. The van der Waals surface area contributed by atoms with E-state index in [9.17, 15) is 4.79 Å². The van der Waals surface area contributed by atoms with E-state index in [0.717, 1.165) is 36.0 Å². The van der Waals surface area contributed by atoms with E-state index in [4.69, 9.17) is 4.74 Å². The van der Waals surface area contributed by atoms with Gasteiger partial charge in [-0.1, -0.05) is 6.07 Å². The fourth-order valence-corrected chi connectivity index (χ4v) is 2.93. The maximum Gasteiger partial charge on any atom is 0.252 e. The number of nitrogens with one attached hydrogen (secondary N) is 2. The first-order valence-corrected chi connectivity index (χ1v) is 7.83. The van der Waals surface area contributed by atoms with Crippen molar-refractivity contribution in [2.45, 2.75) is 25.9 Å². The molecule has 1 fully saturated rings. The summed E-state index contributed by atoms with van der Waals surface area (Å²) in [7, 11) is 0. The molecule has 1 aromatic carbocycles. The number of hydrogen-bond donors (Lipinski definition) is 2. The summed E-state index contributed by atoms with van der Waals surface area (Å²) in [5, 5.41) is 6.19. The number of piperidine rings is 1. The number of aryl methyl sites for hydroxylation is 1. The molecule has 0 unspecified atom stereocenters. The summed E-state index contributed by atoms with van der Waals surface area (Å²) >= 11 is 3.42. The molecule has 110 valence electrons. The Bertz CT molecular complexity index is 459. The molecule has 1 aliphatic heterocycles. The van der Waals surface area contributed by atoms with Crippen molar-refractivity contribution in [1.82, 2.24) is 10.6 Å². The Balaban J connectivity index is 1.72. The van der Waals surface area contributed by atoms with Crippen molar-refractivity contribution in [3.8, 4) is 0 Å². The molecule has 1 heterocycles. The van der Waals surface area contributed by atoms with Crippen LogP contribution in [0.5, 0.6) is 0 Å². The molecule has 1 saturated heterocycles. The van der Waals surface area contributed by atoms with Crippen molar-refractivity contribution in [2.75, 3.05) is 26.2 Å². The van der Waals surface area contributed by atoms with Crippen LogP contribution in [0.2, 0.25) is 0 Å². The SMILES string of the molecule is Cc1ccc(C(=O)NCCOC2CCNCC2)c(Br)c1. The highest BCUT2D eigenvalue weighted by Gasteiger charge is 2.13. The van der Waals surface area contributed by atoms with Crippen molar-refractivity contribution < 1.29 is 9.53 Å². The van der Waals surface area contributed by atoms with Crippen molar-refractivity contribution in [3.05, 3.63) is 33.8 Å². The first-order chi connectivity index (χ1) is 9.66. The first-order valence-electron chi connectivity index (χ1n) is 7.03. The molecule has 0 radical (unpaired) electrons. The van der Waals surface area contributed by atoms with Gasteiger partial charge < -0.3 is 15.4 Å². The van der Waals surface area contributed by atoms with Crippen LogP contribution in [0.4, 0.5) is 0 Å². The minimum atomic E-state index is -0.0641. The van der Waals surface area contributed by atoms with Gasteiger partial charge in [0.2, 0.25) is 0 Å². The van der Waals surface area contributed by atoms with Gasteiger partial charge in [-0.2, -0.15) is 0 Å². The van der Waals surface area contributed by atoms with Gasteiger partial charge in [0, 0.05) is 11.0 Å². The zero-order chi connectivity index (χ0) is 14.4. The molecule has 2 N–H and O–H groups in total. The van der Waals surface area contributed by atoms with Crippen molar-refractivity contribution in [2.24, 2.45) is 0 Å². The maximum absolute atomic E-state index is 12.0. The van der Waals surface area contributed by atoms with Crippen LogP contribution in [0, 0.1) is 6.92 Å². The third kappa shape index (κ3) is 4.58. The first kappa shape index (κ1) is 15.5. The third-order valence-corrected chi connectivity index (χ3v) is 4.05. The van der Waals surface area contributed by atoms with Gasteiger partial charge in [-0.3, -0.25) is 4.79 Å². The monoisotopic (exact) mass is 340 g/mol. The normalized spacial score (nSPS) is 16.1. The standard InChI is InChI=1S/C15H21BrN2O2/c1-11-2-3-13(14(16)10-11)15(19)18-8-9-20-12-4-6-17-7-5-12/h2-3,10,12,17H,4-9H2,1H3,(H,18,19). The smallest absolute Gasteiger partial charge is 0.252 e. The topological polar surface area (TPSA) is 50.4 Å². The summed E-state index contributed by atoms with van der Waals surface area (Å²) in [5.41, 5.74) is 1.79. The Morgan fingerprint density at radius 1 is 1.45 bits per heavy atom. The van der Waals surface area contributed by atoms with Crippen LogP contribution in [0.1, 0.15) is 28.8 Å². The van der Waals surface area contributed by atoms with E-state index in [1.54, 1.807) is 0 Å².